The Labute approximate surface area is 168 Å². The number of hydrogen-bond acceptors (Lipinski definition) is 7. The van der Waals surface area contributed by atoms with Crippen LogP contribution in [0.5, 0.6) is 5.75 Å². The van der Waals surface area contributed by atoms with Crippen molar-refractivity contribution in [3.63, 3.8) is 0 Å². The predicted molar refractivity (Wildman–Crippen MR) is 107 cm³/mol. The van der Waals surface area contributed by atoms with Gasteiger partial charge in [0.25, 0.3) is 5.56 Å². The molecule has 9 nitrogen and oxygen atoms in total. The number of aldehydes is 1. The van der Waals surface area contributed by atoms with Crippen molar-refractivity contribution >= 4 is 28.8 Å². The van der Waals surface area contributed by atoms with Crippen LogP contribution in [0.25, 0.3) is 22.3 Å². The normalized spacial score (nSPS) is 10.7. The van der Waals surface area contributed by atoms with E-state index in [0.717, 1.165) is 6.20 Å². The SMILES string of the molecule is COc1cnc(-c2c[nH]c(=O)cn2)c2[nH]cc(C(=O)C(=O)c3ccc(C=O)cc3)c12. The monoisotopic (exact) mass is 402 g/mol. The van der Waals surface area contributed by atoms with Gasteiger partial charge in [0, 0.05) is 23.5 Å². The number of aromatic nitrogens is 4. The third kappa shape index (κ3) is 3.18. The summed E-state index contributed by atoms with van der Waals surface area (Å²) in [6, 6.07) is 5.78. The summed E-state index contributed by atoms with van der Waals surface area (Å²) in [5.41, 5.74) is 1.49. The molecular formula is C21H14N4O5. The Kier molecular flexibility index (Phi) is 4.77. The molecule has 0 amide bonds. The molecule has 0 radical (unpaired) electrons. The van der Waals surface area contributed by atoms with Crippen molar-refractivity contribution < 1.29 is 19.1 Å². The summed E-state index contributed by atoms with van der Waals surface area (Å²) in [4.78, 5) is 61.6. The molecule has 0 bridgehead atoms. The van der Waals surface area contributed by atoms with Gasteiger partial charge in [-0.05, 0) is 0 Å². The van der Waals surface area contributed by atoms with E-state index in [0.29, 0.717) is 39.9 Å². The number of ether oxygens (including phenoxy) is 1. The van der Waals surface area contributed by atoms with Crippen LogP contribution in [0.2, 0.25) is 0 Å². The second-order valence-electron chi connectivity index (χ2n) is 6.32. The quantitative estimate of drug-likeness (QED) is 0.287. The molecule has 4 aromatic rings. The third-order valence-corrected chi connectivity index (χ3v) is 4.57. The zero-order chi connectivity index (χ0) is 21.3. The number of Topliss-reactive ketones (excluding diaryl/α,β-unsaturated/α-hetero) is 2. The summed E-state index contributed by atoms with van der Waals surface area (Å²) < 4.78 is 5.34. The average Bonchev–Trinajstić information content (AvgIpc) is 3.23. The van der Waals surface area contributed by atoms with Crippen LogP contribution in [0.1, 0.15) is 31.1 Å². The second-order valence-corrected chi connectivity index (χ2v) is 6.32. The van der Waals surface area contributed by atoms with Crippen LogP contribution < -0.4 is 10.3 Å². The predicted octanol–water partition coefficient (Wildman–Crippen LogP) is 2.20. The summed E-state index contributed by atoms with van der Waals surface area (Å²) in [5.74, 6) is -1.17. The van der Waals surface area contributed by atoms with E-state index >= 15 is 0 Å². The second kappa shape index (κ2) is 7.55. The molecule has 0 unspecified atom stereocenters. The molecule has 3 heterocycles. The van der Waals surface area contributed by atoms with Gasteiger partial charge in [-0.15, -0.1) is 0 Å². The number of carbonyl (C=O) groups is 3. The summed E-state index contributed by atoms with van der Waals surface area (Å²) in [5, 5.41) is 0.373. The Balaban J connectivity index is 1.82. The van der Waals surface area contributed by atoms with Gasteiger partial charge in [0.1, 0.15) is 23.4 Å². The summed E-state index contributed by atoms with van der Waals surface area (Å²) in [6.45, 7) is 0. The third-order valence-electron chi connectivity index (χ3n) is 4.57. The van der Waals surface area contributed by atoms with Crippen LogP contribution in [0.3, 0.4) is 0 Å². The molecule has 9 heteroatoms. The number of ketones is 2. The lowest BCUT2D eigenvalue weighted by molar-refractivity contribution is 0.0818. The maximum atomic E-state index is 13.0. The van der Waals surface area contributed by atoms with E-state index in [2.05, 4.69) is 19.9 Å². The number of nitrogens with zero attached hydrogens (tertiary/aromatic N) is 2. The molecule has 0 fully saturated rings. The first kappa shape index (κ1) is 18.9. The number of fused-ring (bicyclic) bond motifs is 1. The Morgan fingerprint density at radius 3 is 2.40 bits per heavy atom. The zero-order valence-corrected chi connectivity index (χ0v) is 15.6. The number of benzene rings is 1. The van der Waals surface area contributed by atoms with E-state index in [4.69, 9.17) is 4.74 Å². The molecule has 0 saturated heterocycles. The van der Waals surface area contributed by atoms with Crippen LogP contribution in [0.4, 0.5) is 0 Å². The van der Waals surface area contributed by atoms with Crippen LogP contribution in [-0.2, 0) is 0 Å². The van der Waals surface area contributed by atoms with Crippen molar-refractivity contribution in [2.45, 2.75) is 0 Å². The highest BCUT2D eigenvalue weighted by molar-refractivity contribution is 6.51. The fourth-order valence-corrected chi connectivity index (χ4v) is 3.08. The molecule has 0 aliphatic rings. The molecule has 0 saturated carbocycles. The average molecular weight is 402 g/mol. The van der Waals surface area contributed by atoms with Gasteiger partial charge in [-0.3, -0.25) is 19.2 Å². The molecule has 0 aliphatic heterocycles. The van der Waals surface area contributed by atoms with Crippen LogP contribution >= 0.6 is 0 Å². The lowest BCUT2D eigenvalue weighted by atomic mass is 10.00. The molecule has 1 aromatic carbocycles. The minimum Gasteiger partial charge on any atom is -0.494 e. The number of nitrogens with one attached hydrogen (secondary N) is 2. The molecule has 4 rings (SSSR count). The van der Waals surface area contributed by atoms with Gasteiger partial charge in [-0.2, -0.15) is 0 Å². The van der Waals surface area contributed by atoms with Crippen molar-refractivity contribution in [2.75, 3.05) is 7.11 Å². The minimum absolute atomic E-state index is 0.111. The fourth-order valence-electron chi connectivity index (χ4n) is 3.08. The summed E-state index contributed by atoms with van der Waals surface area (Å²) in [7, 11) is 1.43. The first-order valence-corrected chi connectivity index (χ1v) is 8.77. The van der Waals surface area contributed by atoms with E-state index in [-0.39, 0.29) is 16.7 Å². The topological polar surface area (TPSA) is 135 Å². The first-order valence-electron chi connectivity index (χ1n) is 8.77. The van der Waals surface area contributed by atoms with Crippen molar-refractivity contribution in [1.82, 2.24) is 19.9 Å². The Morgan fingerprint density at radius 1 is 1.00 bits per heavy atom. The number of hydrogen-bond donors (Lipinski definition) is 2. The lowest BCUT2D eigenvalue weighted by Crippen LogP contribution is -2.14. The van der Waals surface area contributed by atoms with Gasteiger partial charge in [0.05, 0.1) is 36.0 Å². The molecule has 2 N–H and O–H groups in total. The molecule has 0 aliphatic carbocycles. The van der Waals surface area contributed by atoms with Gasteiger partial charge in [0.2, 0.25) is 11.6 Å². The van der Waals surface area contributed by atoms with Crippen molar-refractivity contribution in [2.24, 2.45) is 0 Å². The molecule has 148 valence electrons. The highest BCUT2D eigenvalue weighted by Gasteiger charge is 2.25. The molecule has 30 heavy (non-hydrogen) atoms. The van der Waals surface area contributed by atoms with Gasteiger partial charge >= 0.3 is 0 Å². The fraction of sp³-hybridized carbons (Fsp3) is 0.0476. The Hall–Kier alpha value is -4.40. The van der Waals surface area contributed by atoms with Crippen molar-refractivity contribution in [3.8, 4) is 17.1 Å². The van der Waals surface area contributed by atoms with E-state index in [1.165, 1.54) is 50.0 Å². The number of H-pyrrole nitrogens is 2. The van der Waals surface area contributed by atoms with E-state index in [1.807, 2.05) is 0 Å². The number of carbonyl (C=O) groups excluding carboxylic acids is 3. The van der Waals surface area contributed by atoms with E-state index < -0.39 is 11.6 Å². The highest BCUT2D eigenvalue weighted by Crippen LogP contribution is 2.34. The summed E-state index contributed by atoms with van der Waals surface area (Å²) in [6.07, 6.45) is 6.00. The Morgan fingerprint density at radius 2 is 1.77 bits per heavy atom. The van der Waals surface area contributed by atoms with Crippen LogP contribution in [-0.4, -0.2) is 44.9 Å². The maximum Gasteiger partial charge on any atom is 0.266 e. The lowest BCUT2D eigenvalue weighted by Gasteiger charge is -2.07. The van der Waals surface area contributed by atoms with Crippen LogP contribution in [0.15, 0.2) is 53.8 Å². The number of methoxy groups -OCH3 is 1. The smallest absolute Gasteiger partial charge is 0.266 e. The molecule has 0 spiro atoms. The zero-order valence-electron chi connectivity index (χ0n) is 15.6. The van der Waals surface area contributed by atoms with Gasteiger partial charge in [-0.25, -0.2) is 9.97 Å². The largest absolute Gasteiger partial charge is 0.494 e. The molecule has 3 aromatic heterocycles. The number of rotatable bonds is 6. The number of aromatic amines is 2. The first-order chi connectivity index (χ1) is 14.5. The molecule has 0 atom stereocenters. The Bertz CT molecular complexity index is 1330. The van der Waals surface area contributed by atoms with Gasteiger partial charge in [-0.1, -0.05) is 24.3 Å². The minimum atomic E-state index is -0.745. The van der Waals surface area contributed by atoms with Gasteiger partial charge in [0.15, 0.2) is 0 Å². The summed E-state index contributed by atoms with van der Waals surface area (Å²) >= 11 is 0. The van der Waals surface area contributed by atoms with E-state index in [1.54, 1.807) is 0 Å². The van der Waals surface area contributed by atoms with Gasteiger partial charge < -0.3 is 14.7 Å². The standard InChI is InChI=1S/C21H14N4O5/c1-30-15-8-25-18(14-7-23-16(27)9-22-14)19-17(15)13(6-24-19)21(29)20(28)12-4-2-11(10-26)3-5-12/h2-10,24H,1H3,(H,23,27). The maximum absolute atomic E-state index is 13.0. The highest BCUT2D eigenvalue weighted by atomic mass is 16.5. The van der Waals surface area contributed by atoms with Crippen molar-refractivity contribution in [1.29, 1.82) is 0 Å². The van der Waals surface area contributed by atoms with E-state index in [9.17, 15) is 19.2 Å². The van der Waals surface area contributed by atoms with Crippen molar-refractivity contribution in [3.05, 3.63) is 76.1 Å². The van der Waals surface area contributed by atoms with Crippen LogP contribution in [0, 0.1) is 0 Å². The molecular weight excluding hydrogens is 388 g/mol. The number of pyridine rings is 1.